The van der Waals surface area contributed by atoms with Crippen LogP contribution < -0.4 is 0 Å². The quantitative estimate of drug-likeness (QED) is 0.811. The van der Waals surface area contributed by atoms with E-state index in [1.54, 1.807) is 12.1 Å². The van der Waals surface area contributed by atoms with Crippen molar-refractivity contribution in [2.45, 2.75) is 31.4 Å². The van der Waals surface area contributed by atoms with Gasteiger partial charge in [0.05, 0.1) is 6.42 Å². The zero-order valence-corrected chi connectivity index (χ0v) is 8.32. The maximum Gasteiger partial charge on any atom is 0.303 e. The molecule has 0 saturated carbocycles. The van der Waals surface area contributed by atoms with Gasteiger partial charge in [0.25, 0.3) is 0 Å². The van der Waals surface area contributed by atoms with E-state index in [4.69, 9.17) is 5.11 Å². The molecule has 15 heavy (non-hydrogen) atoms. The van der Waals surface area contributed by atoms with Crippen molar-refractivity contribution in [3.63, 3.8) is 0 Å². The van der Waals surface area contributed by atoms with E-state index in [1.807, 2.05) is 12.1 Å². The zero-order valence-electron chi connectivity index (χ0n) is 8.32. The topological polar surface area (TPSA) is 37.3 Å². The lowest BCUT2D eigenvalue weighted by Gasteiger charge is -2.26. The van der Waals surface area contributed by atoms with Crippen LogP contribution in [0.5, 0.6) is 0 Å². The molecule has 2 rings (SSSR count). The first-order valence-electron chi connectivity index (χ1n) is 5.13. The smallest absolute Gasteiger partial charge is 0.303 e. The maximum atomic E-state index is 13.5. The lowest BCUT2D eigenvalue weighted by atomic mass is 9.80. The molecule has 1 N–H and O–H groups in total. The standard InChI is InChI=1S/C12H13FO2/c13-11-6-5-8(7-12(14)15)9-3-1-2-4-10(9)11/h1-4,8,11H,5-7H2,(H,14,15). The summed E-state index contributed by atoms with van der Waals surface area (Å²) in [6, 6.07) is 7.24. The van der Waals surface area contributed by atoms with E-state index in [2.05, 4.69) is 0 Å². The number of rotatable bonds is 2. The molecule has 2 nitrogen and oxygen atoms in total. The summed E-state index contributed by atoms with van der Waals surface area (Å²) in [6.07, 6.45) is 0.245. The highest BCUT2D eigenvalue weighted by molar-refractivity contribution is 5.68. The van der Waals surface area contributed by atoms with Gasteiger partial charge in [-0.3, -0.25) is 4.79 Å². The van der Waals surface area contributed by atoms with Crippen LogP contribution in [0.1, 0.15) is 42.5 Å². The lowest BCUT2D eigenvalue weighted by Crippen LogP contribution is -2.15. The van der Waals surface area contributed by atoms with Crippen LogP contribution in [0.4, 0.5) is 4.39 Å². The summed E-state index contributed by atoms with van der Waals surface area (Å²) in [4.78, 5) is 10.7. The SMILES string of the molecule is O=C(O)CC1CCC(F)c2ccccc21. The van der Waals surface area contributed by atoms with Crippen LogP contribution in [-0.4, -0.2) is 11.1 Å². The Morgan fingerprint density at radius 3 is 2.67 bits per heavy atom. The molecule has 1 aromatic rings. The summed E-state index contributed by atoms with van der Waals surface area (Å²) < 4.78 is 13.5. The predicted octanol–water partition coefficient (Wildman–Crippen LogP) is 3.05. The van der Waals surface area contributed by atoms with Crippen LogP contribution in [0.15, 0.2) is 24.3 Å². The maximum absolute atomic E-state index is 13.5. The second kappa shape index (κ2) is 4.01. The van der Waals surface area contributed by atoms with Gasteiger partial charge in [-0.2, -0.15) is 0 Å². The number of aliphatic carboxylic acids is 1. The monoisotopic (exact) mass is 208 g/mol. The van der Waals surface area contributed by atoms with Crippen molar-refractivity contribution in [2.24, 2.45) is 0 Å². The summed E-state index contributed by atoms with van der Waals surface area (Å²) in [6.45, 7) is 0. The van der Waals surface area contributed by atoms with Gasteiger partial charge in [-0.25, -0.2) is 4.39 Å². The molecule has 0 aliphatic heterocycles. The Morgan fingerprint density at radius 1 is 1.33 bits per heavy atom. The fourth-order valence-corrected chi connectivity index (χ4v) is 2.25. The molecule has 0 fully saturated rings. The molecule has 80 valence electrons. The number of carboxylic acid groups (broad SMARTS) is 1. The van der Waals surface area contributed by atoms with Crippen LogP contribution in [0.2, 0.25) is 0 Å². The Balaban J connectivity index is 2.31. The summed E-state index contributed by atoms with van der Waals surface area (Å²) in [5, 5.41) is 8.76. The van der Waals surface area contributed by atoms with Crippen LogP contribution in [0, 0.1) is 0 Å². The van der Waals surface area contributed by atoms with Gasteiger partial charge in [-0.15, -0.1) is 0 Å². The summed E-state index contributed by atoms with van der Waals surface area (Å²) in [5.41, 5.74) is 1.55. The first-order chi connectivity index (χ1) is 7.18. The molecule has 0 amide bonds. The Morgan fingerprint density at radius 2 is 2.00 bits per heavy atom. The van der Waals surface area contributed by atoms with Crippen molar-refractivity contribution in [3.05, 3.63) is 35.4 Å². The van der Waals surface area contributed by atoms with Gasteiger partial charge in [0, 0.05) is 0 Å². The number of benzene rings is 1. The number of carbonyl (C=O) groups is 1. The van der Waals surface area contributed by atoms with Crippen LogP contribution in [-0.2, 0) is 4.79 Å². The number of hydrogen-bond donors (Lipinski definition) is 1. The van der Waals surface area contributed by atoms with Gasteiger partial charge in [-0.05, 0) is 29.9 Å². The van der Waals surface area contributed by atoms with Crippen LogP contribution >= 0.6 is 0 Å². The van der Waals surface area contributed by atoms with Crippen molar-refractivity contribution >= 4 is 5.97 Å². The van der Waals surface area contributed by atoms with Gasteiger partial charge in [0.2, 0.25) is 0 Å². The fraction of sp³-hybridized carbons (Fsp3) is 0.417. The molecule has 0 spiro atoms. The molecular weight excluding hydrogens is 195 g/mol. The summed E-state index contributed by atoms with van der Waals surface area (Å²) in [5.74, 6) is -0.835. The Hall–Kier alpha value is -1.38. The molecule has 2 unspecified atom stereocenters. The third kappa shape index (κ3) is 2.01. The van der Waals surface area contributed by atoms with Crippen LogP contribution in [0.25, 0.3) is 0 Å². The third-order valence-corrected chi connectivity index (χ3v) is 2.96. The van der Waals surface area contributed by atoms with Gasteiger partial charge < -0.3 is 5.11 Å². The molecule has 1 aliphatic carbocycles. The molecular formula is C12H13FO2. The third-order valence-electron chi connectivity index (χ3n) is 2.96. The van der Waals surface area contributed by atoms with Gasteiger partial charge >= 0.3 is 5.97 Å². The van der Waals surface area contributed by atoms with Gasteiger partial charge in [0.15, 0.2) is 0 Å². The Kier molecular flexibility index (Phi) is 2.71. The summed E-state index contributed by atoms with van der Waals surface area (Å²) in [7, 11) is 0. The molecule has 1 aromatic carbocycles. The molecule has 0 heterocycles. The first-order valence-corrected chi connectivity index (χ1v) is 5.13. The number of alkyl halides is 1. The molecule has 0 saturated heterocycles. The highest BCUT2D eigenvalue weighted by atomic mass is 19.1. The zero-order chi connectivity index (χ0) is 10.8. The second-order valence-electron chi connectivity index (χ2n) is 3.97. The average molecular weight is 208 g/mol. The van der Waals surface area contributed by atoms with E-state index in [1.165, 1.54) is 0 Å². The molecule has 0 bridgehead atoms. The highest BCUT2D eigenvalue weighted by Crippen LogP contribution is 2.40. The largest absolute Gasteiger partial charge is 0.481 e. The Bertz CT molecular complexity index is 376. The van der Waals surface area contributed by atoms with Crippen molar-refractivity contribution in [3.8, 4) is 0 Å². The molecule has 0 aromatic heterocycles. The molecule has 1 aliphatic rings. The van der Waals surface area contributed by atoms with Crippen molar-refractivity contribution in [1.29, 1.82) is 0 Å². The Labute approximate surface area is 87.7 Å². The van der Waals surface area contributed by atoms with E-state index in [0.29, 0.717) is 18.4 Å². The van der Waals surface area contributed by atoms with E-state index >= 15 is 0 Å². The second-order valence-corrected chi connectivity index (χ2v) is 3.97. The van der Waals surface area contributed by atoms with Crippen molar-refractivity contribution in [2.75, 3.05) is 0 Å². The lowest BCUT2D eigenvalue weighted by molar-refractivity contribution is -0.137. The number of carboxylic acids is 1. The van der Waals surface area contributed by atoms with Gasteiger partial charge in [-0.1, -0.05) is 24.3 Å². The van der Waals surface area contributed by atoms with E-state index in [9.17, 15) is 9.18 Å². The van der Waals surface area contributed by atoms with E-state index in [-0.39, 0.29) is 12.3 Å². The molecule has 0 radical (unpaired) electrons. The normalized spacial score (nSPS) is 24.6. The minimum Gasteiger partial charge on any atom is -0.481 e. The van der Waals surface area contributed by atoms with Gasteiger partial charge in [0.1, 0.15) is 6.17 Å². The molecule has 3 heteroatoms. The number of fused-ring (bicyclic) bond motifs is 1. The van der Waals surface area contributed by atoms with E-state index in [0.717, 1.165) is 5.56 Å². The fourth-order valence-electron chi connectivity index (χ4n) is 2.25. The predicted molar refractivity (Wildman–Crippen MR) is 54.5 cm³/mol. The summed E-state index contributed by atoms with van der Waals surface area (Å²) >= 11 is 0. The molecule has 2 atom stereocenters. The highest BCUT2D eigenvalue weighted by Gasteiger charge is 2.27. The van der Waals surface area contributed by atoms with E-state index < -0.39 is 12.1 Å². The van der Waals surface area contributed by atoms with Crippen LogP contribution in [0.3, 0.4) is 0 Å². The van der Waals surface area contributed by atoms with Crippen molar-refractivity contribution < 1.29 is 14.3 Å². The average Bonchev–Trinajstić information content (AvgIpc) is 2.22. The minimum absolute atomic E-state index is 0.0225. The minimum atomic E-state index is -0.925. The number of hydrogen-bond acceptors (Lipinski definition) is 1. The first kappa shape index (κ1) is 10.1. The number of halogens is 1. The van der Waals surface area contributed by atoms with Crippen molar-refractivity contribution in [1.82, 2.24) is 0 Å².